The lowest BCUT2D eigenvalue weighted by molar-refractivity contribution is 0.857. The van der Waals surface area contributed by atoms with E-state index in [0.29, 0.717) is 0 Å². The normalized spacial score (nSPS) is 11.4. The Labute approximate surface area is 132 Å². The molecule has 0 saturated heterocycles. The standard InChI is InChI=1S/C12H18Cl4Si2/c13-17(14)9-3-7-11-5-1-2-6-12(11)8-4-10-18(15)16/h1-2,5-6,17-18H,3-4,7-10H2. The van der Waals surface area contributed by atoms with Gasteiger partial charge in [-0.1, -0.05) is 24.3 Å². The number of benzene rings is 1. The zero-order valence-corrected chi connectivity index (χ0v) is 15.6. The number of hydrogen-bond acceptors (Lipinski definition) is 0. The Morgan fingerprint density at radius 2 is 1.11 bits per heavy atom. The van der Waals surface area contributed by atoms with Crippen molar-refractivity contribution < 1.29 is 0 Å². The van der Waals surface area contributed by atoms with E-state index in [1.165, 1.54) is 11.1 Å². The van der Waals surface area contributed by atoms with Gasteiger partial charge in [-0.2, -0.15) is 44.3 Å². The highest BCUT2D eigenvalue weighted by atomic mass is 35.7. The Bertz CT molecular complexity index is 312. The van der Waals surface area contributed by atoms with Gasteiger partial charge in [-0.3, -0.25) is 0 Å². The molecule has 102 valence electrons. The Morgan fingerprint density at radius 3 is 1.44 bits per heavy atom. The van der Waals surface area contributed by atoms with E-state index >= 15 is 0 Å². The Kier molecular flexibility index (Phi) is 9.07. The lowest BCUT2D eigenvalue weighted by atomic mass is 10.00. The predicted octanol–water partition coefficient (Wildman–Crippen LogP) is 4.95. The van der Waals surface area contributed by atoms with Crippen molar-refractivity contribution in [2.24, 2.45) is 0 Å². The minimum atomic E-state index is -1.45. The van der Waals surface area contributed by atoms with Crippen LogP contribution in [0.3, 0.4) is 0 Å². The summed E-state index contributed by atoms with van der Waals surface area (Å²) in [6.45, 7) is 0. The first kappa shape index (κ1) is 16.9. The van der Waals surface area contributed by atoms with E-state index in [9.17, 15) is 0 Å². The van der Waals surface area contributed by atoms with Gasteiger partial charge < -0.3 is 0 Å². The Balaban J connectivity index is 2.45. The van der Waals surface area contributed by atoms with Crippen LogP contribution in [0.5, 0.6) is 0 Å². The molecule has 0 bridgehead atoms. The SMILES string of the molecule is Cl[SiH](Cl)CCCc1ccccc1CCC[SiH](Cl)Cl. The first-order valence-electron chi connectivity index (χ1n) is 6.22. The topological polar surface area (TPSA) is 0 Å². The van der Waals surface area contributed by atoms with Crippen LogP contribution < -0.4 is 0 Å². The first-order chi connectivity index (χ1) is 8.59. The summed E-state index contributed by atoms with van der Waals surface area (Å²) < 4.78 is 0. The third kappa shape index (κ3) is 7.41. The molecule has 0 unspecified atom stereocenters. The van der Waals surface area contributed by atoms with E-state index in [1.807, 2.05) is 0 Å². The summed E-state index contributed by atoms with van der Waals surface area (Å²) in [6.07, 6.45) is 4.32. The summed E-state index contributed by atoms with van der Waals surface area (Å²) in [6, 6.07) is 10.5. The molecule has 0 aliphatic rings. The molecule has 0 amide bonds. The summed E-state index contributed by atoms with van der Waals surface area (Å²) in [4.78, 5) is 0. The number of hydrogen-bond donors (Lipinski definition) is 0. The molecular weight excluding hydrogens is 342 g/mol. The third-order valence-electron chi connectivity index (χ3n) is 2.86. The summed E-state index contributed by atoms with van der Waals surface area (Å²) in [5.41, 5.74) is 2.84. The van der Waals surface area contributed by atoms with Crippen molar-refractivity contribution in [3.63, 3.8) is 0 Å². The molecule has 18 heavy (non-hydrogen) atoms. The van der Waals surface area contributed by atoms with E-state index in [2.05, 4.69) is 24.3 Å². The molecule has 1 aromatic rings. The van der Waals surface area contributed by atoms with E-state index in [1.54, 1.807) is 0 Å². The van der Waals surface area contributed by atoms with Crippen molar-refractivity contribution >= 4 is 59.1 Å². The van der Waals surface area contributed by atoms with Gasteiger partial charge in [0.05, 0.1) is 0 Å². The van der Waals surface area contributed by atoms with Gasteiger partial charge in [0.1, 0.15) is 0 Å². The molecule has 0 aliphatic carbocycles. The van der Waals surface area contributed by atoms with Crippen LogP contribution >= 0.6 is 44.3 Å². The highest BCUT2D eigenvalue weighted by Gasteiger charge is 2.07. The molecule has 0 aliphatic heterocycles. The summed E-state index contributed by atoms with van der Waals surface area (Å²) in [5.74, 6) is 0. The van der Waals surface area contributed by atoms with Crippen molar-refractivity contribution in [1.29, 1.82) is 0 Å². The lowest BCUT2D eigenvalue weighted by Gasteiger charge is -2.09. The highest BCUT2D eigenvalue weighted by Crippen LogP contribution is 2.18. The van der Waals surface area contributed by atoms with Gasteiger partial charge in [0.25, 0.3) is 0 Å². The van der Waals surface area contributed by atoms with Gasteiger partial charge in [0, 0.05) is 0 Å². The highest BCUT2D eigenvalue weighted by molar-refractivity contribution is 7.34. The second-order valence-electron chi connectivity index (χ2n) is 4.34. The minimum absolute atomic E-state index is 0.982. The van der Waals surface area contributed by atoms with Crippen molar-refractivity contribution in [3.8, 4) is 0 Å². The molecule has 6 heteroatoms. The van der Waals surface area contributed by atoms with E-state index in [0.717, 1.165) is 37.8 Å². The number of rotatable bonds is 8. The fraction of sp³-hybridized carbons (Fsp3) is 0.500. The molecule has 0 radical (unpaired) electrons. The van der Waals surface area contributed by atoms with Crippen molar-refractivity contribution in [3.05, 3.63) is 35.4 Å². The molecule has 0 N–H and O–H groups in total. The fourth-order valence-electron chi connectivity index (χ4n) is 1.94. The van der Waals surface area contributed by atoms with Crippen LogP contribution in [-0.4, -0.2) is 14.8 Å². The fourth-order valence-corrected chi connectivity index (χ4v) is 4.82. The van der Waals surface area contributed by atoms with Crippen LogP contribution in [0, 0.1) is 0 Å². The van der Waals surface area contributed by atoms with Gasteiger partial charge >= 0.3 is 0 Å². The average molecular weight is 360 g/mol. The molecule has 0 heterocycles. The van der Waals surface area contributed by atoms with Crippen LogP contribution in [-0.2, 0) is 12.8 Å². The zero-order valence-electron chi connectivity index (χ0n) is 10.2. The molecule has 0 spiro atoms. The maximum atomic E-state index is 5.88. The van der Waals surface area contributed by atoms with Crippen LogP contribution in [0.2, 0.25) is 12.1 Å². The first-order valence-corrected chi connectivity index (χ1v) is 14.8. The molecule has 0 atom stereocenters. The second kappa shape index (κ2) is 9.68. The number of aryl methyl sites for hydroxylation is 2. The van der Waals surface area contributed by atoms with Crippen LogP contribution in [0.1, 0.15) is 24.0 Å². The van der Waals surface area contributed by atoms with E-state index < -0.39 is 14.8 Å². The van der Waals surface area contributed by atoms with Crippen molar-refractivity contribution in [1.82, 2.24) is 0 Å². The third-order valence-corrected chi connectivity index (χ3v) is 7.16. The molecule has 1 aromatic carbocycles. The number of halogens is 4. The monoisotopic (exact) mass is 358 g/mol. The maximum Gasteiger partial charge on any atom is 0.237 e. The van der Waals surface area contributed by atoms with Crippen molar-refractivity contribution in [2.75, 3.05) is 0 Å². The van der Waals surface area contributed by atoms with Gasteiger partial charge in [-0.15, -0.1) is 0 Å². The Morgan fingerprint density at radius 1 is 0.722 bits per heavy atom. The van der Waals surface area contributed by atoms with Gasteiger partial charge in [-0.25, -0.2) is 0 Å². The molecule has 0 saturated carbocycles. The maximum absolute atomic E-state index is 5.88. The predicted molar refractivity (Wildman–Crippen MR) is 90.4 cm³/mol. The second-order valence-corrected chi connectivity index (χ2v) is 14.7. The molecular formula is C12H18Cl4Si2. The molecule has 0 fully saturated rings. The van der Waals surface area contributed by atoms with Crippen LogP contribution in [0.15, 0.2) is 24.3 Å². The summed E-state index contributed by atoms with van der Waals surface area (Å²) in [5, 5.41) is 0. The van der Waals surface area contributed by atoms with Gasteiger partial charge in [0.2, 0.25) is 14.8 Å². The molecule has 1 rings (SSSR count). The van der Waals surface area contributed by atoms with E-state index in [4.69, 9.17) is 44.3 Å². The lowest BCUT2D eigenvalue weighted by Crippen LogP contribution is -1.99. The van der Waals surface area contributed by atoms with Gasteiger partial charge in [-0.05, 0) is 48.9 Å². The van der Waals surface area contributed by atoms with Crippen LogP contribution in [0.25, 0.3) is 0 Å². The summed E-state index contributed by atoms with van der Waals surface area (Å²) >= 11 is 23.5. The smallest absolute Gasteiger partial charge is 0.150 e. The van der Waals surface area contributed by atoms with Crippen LogP contribution in [0.4, 0.5) is 0 Å². The quantitative estimate of drug-likeness (QED) is 0.455. The molecule has 0 nitrogen and oxygen atoms in total. The Hall–Kier alpha value is 0.814. The largest absolute Gasteiger partial charge is 0.237 e. The average Bonchev–Trinajstić information content (AvgIpc) is 2.30. The zero-order chi connectivity index (χ0) is 13.4. The molecule has 0 aromatic heterocycles. The summed E-state index contributed by atoms with van der Waals surface area (Å²) in [7, 11) is -2.90. The van der Waals surface area contributed by atoms with Gasteiger partial charge in [0.15, 0.2) is 0 Å². The minimum Gasteiger partial charge on any atom is -0.150 e. The van der Waals surface area contributed by atoms with E-state index in [-0.39, 0.29) is 0 Å². The van der Waals surface area contributed by atoms with Crippen molar-refractivity contribution in [2.45, 2.75) is 37.8 Å².